The Bertz CT molecular complexity index is 1060. The van der Waals surface area contributed by atoms with E-state index in [9.17, 15) is 9.59 Å². The van der Waals surface area contributed by atoms with E-state index < -0.39 is 11.7 Å². The van der Waals surface area contributed by atoms with Gasteiger partial charge in [0.15, 0.2) is 0 Å². The molecule has 2 N–H and O–H groups in total. The van der Waals surface area contributed by atoms with Crippen LogP contribution in [0.15, 0.2) is 66.9 Å². The van der Waals surface area contributed by atoms with Crippen molar-refractivity contribution in [3.63, 3.8) is 0 Å². The van der Waals surface area contributed by atoms with E-state index in [1.54, 1.807) is 18.3 Å². The molecule has 0 fully saturated rings. The maximum Gasteiger partial charge on any atom is 0.407 e. The van der Waals surface area contributed by atoms with E-state index in [4.69, 9.17) is 4.74 Å². The van der Waals surface area contributed by atoms with E-state index in [-0.39, 0.29) is 12.5 Å². The molecular formula is C25H28N4O3. The molecule has 32 heavy (non-hydrogen) atoms. The highest BCUT2D eigenvalue weighted by molar-refractivity contribution is 5.92. The molecule has 1 aromatic carbocycles. The molecule has 0 bridgehead atoms. The lowest BCUT2D eigenvalue weighted by atomic mass is 10.0. The van der Waals surface area contributed by atoms with Crippen LogP contribution in [0.2, 0.25) is 0 Å². The quantitative estimate of drug-likeness (QED) is 0.585. The molecule has 2 amide bonds. The number of alkyl carbamates (subject to hydrolysis) is 1. The molecule has 7 heteroatoms. The maximum absolute atomic E-state index is 12.6. The SMILES string of the molecule is CC(C)(C)OC(=O)NCc1ccccc1-c1cccc(C(=O)NCCc2ccccn2)n1. The van der Waals surface area contributed by atoms with E-state index in [1.165, 1.54) is 0 Å². The van der Waals surface area contributed by atoms with Crippen LogP contribution in [0.4, 0.5) is 4.79 Å². The molecular weight excluding hydrogens is 404 g/mol. The molecule has 7 nitrogen and oxygen atoms in total. The molecule has 0 aliphatic carbocycles. The molecule has 0 saturated heterocycles. The molecule has 0 spiro atoms. The Balaban J connectivity index is 1.66. The van der Waals surface area contributed by atoms with Crippen LogP contribution in [0.5, 0.6) is 0 Å². The highest BCUT2D eigenvalue weighted by Gasteiger charge is 2.17. The van der Waals surface area contributed by atoms with Crippen molar-refractivity contribution in [2.75, 3.05) is 6.54 Å². The summed E-state index contributed by atoms with van der Waals surface area (Å²) in [6, 6.07) is 18.6. The Morgan fingerprint density at radius 3 is 2.47 bits per heavy atom. The standard InChI is InChI=1S/C25H28N4O3/c1-25(2,3)32-24(31)28-17-18-9-4-5-11-20(18)21-12-8-13-22(29-21)23(30)27-16-14-19-10-6-7-15-26-19/h4-13,15H,14,16-17H2,1-3H3,(H,27,30)(H,28,31). The predicted octanol–water partition coefficient (Wildman–Crippen LogP) is 4.14. The highest BCUT2D eigenvalue weighted by Crippen LogP contribution is 2.22. The second-order valence-electron chi connectivity index (χ2n) is 8.25. The first-order valence-electron chi connectivity index (χ1n) is 10.5. The molecule has 0 unspecified atom stereocenters. The van der Waals surface area contributed by atoms with Crippen molar-refractivity contribution in [2.24, 2.45) is 0 Å². The third kappa shape index (κ3) is 6.91. The van der Waals surface area contributed by atoms with Crippen LogP contribution >= 0.6 is 0 Å². The molecule has 0 radical (unpaired) electrons. The number of hydrogen-bond acceptors (Lipinski definition) is 5. The Hall–Kier alpha value is -3.74. The number of nitrogens with zero attached hydrogens (tertiary/aromatic N) is 2. The molecule has 166 valence electrons. The van der Waals surface area contributed by atoms with Gasteiger partial charge in [0.05, 0.1) is 5.69 Å². The van der Waals surface area contributed by atoms with E-state index in [1.807, 2.05) is 69.3 Å². The van der Waals surface area contributed by atoms with Gasteiger partial charge in [0.25, 0.3) is 5.91 Å². The zero-order chi connectivity index (χ0) is 23.0. The van der Waals surface area contributed by atoms with Gasteiger partial charge in [-0.2, -0.15) is 0 Å². The number of pyridine rings is 2. The van der Waals surface area contributed by atoms with Crippen molar-refractivity contribution in [3.05, 3.63) is 83.8 Å². The minimum Gasteiger partial charge on any atom is -0.444 e. The summed E-state index contributed by atoms with van der Waals surface area (Å²) in [5.74, 6) is -0.243. The van der Waals surface area contributed by atoms with Crippen molar-refractivity contribution in [2.45, 2.75) is 39.3 Å². The van der Waals surface area contributed by atoms with E-state index in [2.05, 4.69) is 20.6 Å². The minimum atomic E-state index is -0.566. The number of rotatable bonds is 7. The third-order valence-corrected chi connectivity index (χ3v) is 4.49. The van der Waals surface area contributed by atoms with Crippen LogP contribution in [0.3, 0.4) is 0 Å². The van der Waals surface area contributed by atoms with Crippen molar-refractivity contribution in [1.82, 2.24) is 20.6 Å². The van der Waals surface area contributed by atoms with Crippen LogP contribution in [-0.4, -0.2) is 34.1 Å². The largest absolute Gasteiger partial charge is 0.444 e. The second-order valence-corrected chi connectivity index (χ2v) is 8.25. The summed E-state index contributed by atoms with van der Waals surface area (Å²) < 4.78 is 5.30. The summed E-state index contributed by atoms with van der Waals surface area (Å²) in [5, 5.41) is 5.66. The lowest BCUT2D eigenvalue weighted by molar-refractivity contribution is 0.0523. The number of carbonyl (C=O) groups excluding carboxylic acids is 2. The zero-order valence-electron chi connectivity index (χ0n) is 18.6. The van der Waals surface area contributed by atoms with Gasteiger partial charge >= 0.3 is 6.09 Å². The van der Waals surface area contributed by atoms with Gasteiger partial charge in [-0.1, -0.05) is 36.4 Å². The fourth-order valence-corrected chi connectivity index (χ4v) is 3.06. The molecule has 0 saturated carbocycles. The first-order chi connectivity index (χ1) is 15.3. The lowest BCUT2D eigenvalue weighted by Gasteiger charge is -2.20. The molecule has 0 atom stereocenters. The van der Waals surface area contributed by atoms with Gasteiger partial charge in [-0.25, -0.2) is 9.78 Å². The summed E-state index contributed by atoms with van der Waals surface area (Å²) in [5.41, 5.74) is 3.05. The van der Waals surface area contributed by atoms with Gasteiger partial charge in [0, 0.05) is 37.0 Å². The molecule has 2 aromatic heterocycles. The normalized spacial score (nSPS) is 11.0. The fraction of sp³-hybridized carbons (Fsp3) is 0.280. The third-order valence-electron chi connectivity index (χ3n) is 4.49. The Kier molecular flexibility index (Phi) is 7.54. The first kappa shape index (κ1) is 22.9. The smallest absolute Gasteiger partial charge is 0.407 e. The zero-order valence-corrected chi connectivity index (χ0v) is 18.6. The molecule has 3 rings (SSSR count). The fourth-order valence-electron chi connectivity index (χ4n) is 3.06. The average molecular weight is 433 g/mol. The van der Waals surface area contributed by atoms with Gasteiger partial charge in [-0.15, -0.1) is 0 Å². The molecule has 3 aromatic rings. The van der Waals surface area contributed by atoms with E-state index in [0.717, 1.165) is 16.8 Å². The molecule has 2 heterocycles. The van der Waals surface area contributed by atoms with E-state index >= 15 is 0 Å². The van der Waals surface area contributed by atoms with Crippen LogP contribution in [0, 0.1) is 0 Å². The lowest BCUT2D eigenvalue weighted by Crippen LogP contribution is -2.32. The minimum absolute atomic E-state index is 0.243. The van der Waals surface area contributed by atoms with E-state index in [0.29, 0.717) is 24.4 Å². The number of hydrogen-bond donors (Lipinski definition) is 2. The number of ether oxygens (including phenoxy) is 1. The molecule has 0 aliphatic heterocycles. The number of carbonyl (C=O) groups is 2. The highest BCUT2D eigenvalue weighted by atomic mass is 16.6. The van der Waals surface area contributed by atoms with Crippen molar-refractivity contribution in [1.29, 1.82) is 0 Å². The number of benzene rings is 1. The summed E-state index contributed by atoms with van der Waals surface area (Å²) in [4.78, 5) is 33.4. The van der Waals surface area contributed by atoms with Gasteiger partial charge in [-0.3, -0.25) is 9.78 Å². The number of amides is 2. The summed E-state index contributed by atoms with van der Waals surface area (Å²) in [6.07, 6.45) is 1.89. The summed E-state index contributed by atoms with van der Waals surface area (Å²) in [7, 11) is 0. The van der Waals surface area contributed by atoms with Gasteiger partial charge in [0.1, 0.15) is 11.3 Å². The topological polar surface area (TPSA) is 93.2 Å². The Morgan fingerprint density at radius 1 is 0.938 bits per heavy atom. The summed E-state index contributed by atoms with van der Waals surface area (Å²) in [6.45, 7) is 6.21. The van der Waals surface area contributed by atoms with Crippen molar-refractivity contribution >= 4 is 12.0 Å². The number of aromatic nitrogens is 2. The van der Waals surface area contributed by atoms with Crippen LogP contribution < -0.4 is 10.6 Å². The first-order valence-corrected chi connectivity index (χ1v) is 10.5. The summed E-state index contributed by atoms with van der Waals surface area (Å²) >= 11 is 0. The van der Waals surface area contributed by atoms with Gasteiger partial charge in [0.2, 0.25) is 0 Å². The monoisotopic (exact) mass is 432 g/mol. The second kappa shape index (κ2) is 10.5. The van der Waals surface area contributed by atoms with Gasteiger partial charge in [-0.05, 0) is 50.6 Å². The average Bonchev–Trinajstić information content (AvgIpc) is 2.77. The van der Waals surface area contributed by atoms with Crippen LogP contribution in [0.1, 0.15) is 42.5 Å². The predicted molar refractivity (Wildman–Crippen MR) is 123 cm³/mol. The van der Waals surface area contributed by atoms with Crippen molar-refractivity contribution in [3.8, 4) is 11.3 Å². The van der Waals surface area contributed by atoms with Crippen LogP contribution in [0.25, 0.3) is 11.3 Å². The van der Waals surface area contributed by atoms with Crippen LogP contribution in [-0.2, 0) is 17.7 Å². The van der Waals surface area contributed by atoms with Crippen molar-refractivity contribution < 1.29 is 14.3 Å². The Labute approximate surface area is 188 Å². The maximum atomic E-state index is 12.6. The molecule has 0 aliphatic rings. The Morgan fingerprint density at radius 2 is 1.72 bits per heavy atom. The number of nitrogens with one attached hydrogen (secondary N) is 2. The van der Waals surface area contributed by atoms with Gasteiger partial charge < -0.3 is 15.4 Å².